The lowest BCUT2D eigenvalue weighted by molar-refractivity contribution is 0.0728. The lowest BCUT2D eigenvalue weighted by Gasteiger charge is -2.28. The molecule has 1 fully saturated rings. The van der Waals surface area contributed by atoms with Gasteiger partial charge in [-0.25, -0.2) is 8.42 Å². The van der Waals surface area contributed by atoms with Gasteiger partial charge >= 0.3 is 0 Å². The van der Waals surface area contributed by atoms with E-state index in [0.29, 0.717) is 19.0 Å². The number of nitrogens with zero attached hydrogens (tertiary/aromatic N) is 2. The molecule has 0 aromatic heterocycles. The summed E-state index contributed by atoms with van der Waals surface area (Å²) in [5, 5.41) is 0.0819. The van der Waals surface area contributed by atoms with Gasteiger partial charge in [-0.1, -0.05) is 29.8 Å². The molecule has 1 aliphatic rings. The Labute approximate surface area is 182 Å². The lowest BCUT2D eigenvalue weighted by Crippen LogP contribution is -2.40. The van der Waals surface area contributed by atoms with Crippen LogP contribution in [-0.4, -0.2) is 64.0 Å². The zero-order valence-corrected chi connectivity index (χ0v) is 18.7. The number of hydrogen-bond acceptors (Lipinski definition) is 5. The van der Waals surface area contributed by atoms with Crippen LogP contribution in [0, 0.1) is 0 Å². The molecule has 1 heterocycles. The van der Waals surface area contributed by atoms with E-state index in [0.717, 1.165) is 5.56 Å². The molecule has 1 atom stereocenters. The number of carbonyl (C=O) groups excluding carboxylic acids is 1. The number of para-hydroxylation sites is 1. The number of morpholine rings is 1. The number of sulfonamides is 1. The summed E-state index contributed by atoms with van der Waals surface area (Å²) < 4.78 is 38.0. The van der Waals surface area contributed by atoms with Crippen molar-refractivity contribution in [2.45, 2.75) is 17.9 Å². The Kier molecular flexibility index (Phi) is 7.02. The van der Waals surface area contributed by atoms with Gasteiger partial charge in [-0.2, -0.15) is 4.31 Å². The molecule has 0 saturated carbocycles. The van der Waals surface area contributed by atoms with Crippen LogP contribution in [-0.2, 0) is 14.8 Å². The SMILES string of the molecule is COc1ccccc1[C@@H](C)N(C)C(=O)c1ccc(Cl)c(S(=O)(=O)N2CCOCC2)c1. The summed E-state index contributed by atoms with van der Waals surface area (Å²) in [6.45, 7) is 3.05. The predicted octanol–water partition coefficient (Wildman–Crippen LogP) is 3.20. The fraction of sp³-hybridized carbons (Fsp3) is 0.381. The standard InChI is InChI=1S/C21H25ClN2O5S/c1-15(17-6-4-5-7-19(17)28-3)23(2)21(25)16-8-9-18(22)20(14-16)30(26,27)24-10-12-29-13-11-24/h4-9,14-15H,10-13H2,1-3H3/t15-/m1/s1. The van der Waals surface area contributed by atoms with Crippen molar-refractivity contribution < 1.29 is 22.7 Å². The number of rotatable bonds is 6. The van der Waals surface area contributed by atoms with Gasteiger partial charge in [-0.15, -0.1) is 0 Å². The van der Waals surface area contributed by atoms with Crippen molar-refractivity contribution in [3.63, 3.8) is 0 Å². The Bertz CT molecular complexity index is 1020. The lowest BCUT2D eigenvalue weighted by atomic mass is 10.0. The van der Waals surface area contributed by atoms with Gasteiger partial charge in [0.05, 0.1) is 31.4 Å². The van der Waals surface area contributed by atoms with Crippen LogP contribution < -0.4 is 4.74 Å². The summed E-state index contributed by atoms with van der Waals surface area (Å²) in [5.41, 5.74) is 1.10. The van der Waals surface area contributed by atoms with Crippen LogP contribution in [0.25, 0.3) is 0 Å². The molecular weight excluding hydrogens is 428 g/mol. The quantitative estimate of drug-likeness (QED) is 0.672. The number of carbonyl (C=O) groups is 1. The molecular formula is C21H25ClN2O5S. The van der Waals surface area contributed by atoms with Gasteiger partial charge < -0.3 is 14.4 Å². The van der Waals surface area contributed by atoms with E-state index in [-0.39, 0.29) is 40.5 Å². The van der Waals surface area contributed by atoms with Crippen LogP contribution in [0.15, 0.2) is 47.4 Å². The molecule has 1 saturated heterocycles. The van der Waals surface area contributed by atoms with E-state index in [9.17, 15) is 13.2 Å². The minimum Gasteiger partial charge on any atom is -0.496 e. The summed E-state index contributed by atoms with van der Waals surface area (Å²) >= 11 is 6.20. The molecule has 2 aromatic rings. The number of hydrogen-bond donors (Lipinski definition) is 0. The first-order valence-corrected chi connectivity index (χ1v) is 11.4. The number of ether oxygens (including phenoxy) is 2. The summed E-state index contributed by atoms with van der Waals surface area (Å²) in [7, 11) is -0.577. The third-order valence-corrected chi connectivity index (χ3v) is 7.64. The maximum atomic E-state index is 13.1. The molecule has 3 rings (SSSR count). The number of amides is 1. The largest absolute Gasteiger partial charge is 0.496 e. The predicted molar refractivity (Wildman–Crippen MR) is 115 cm³/mol. The molecule has 7 nitrogen and oxygen atoms in total. The van der Waals surface area contributed by atoms with Gasteiger partial charge in [0.15, 0.2) is 0 Å². The molecule has 1 amide bonds. The highest BCUT2D eigenvalue weighted by Crippen LogP contribution is 2.31. The van der Waals surface area contributed by atoms with Crippen molar-refractivity contribution in [1.82, 2.24) is 9.21 Å². The van der Waals surface area contributed by atoms with Crippen LogP contribution in [0.1, 0.15) is 28.9 Å². The molecule has 0 aliphatic carbocycles. The molecule has 30 heavy (non-hydrogen) atoms. The molecule has 2 aromatic carbocycles. The van der Waals surface area contributed by atoms with Crippen LogP contribution in [0.4, 0.5) is 0 Å². The molecule has 0 spiro atoms. The Morgan fingerprint density at radius 1 is 1.20 bits per heavy atom. The molecule has 1 aliphatic heterocycles. The van der Waals surface area contributed by atoms with Crippen LogP contribution >= 0.6 is 11.6 Å². The van der Waals surface area contributed by atoms with Gasteiger partial charge in [0.2, 0.25) is 10.0 Å². The maximum Gasteiger partial charge on any atom is 0.254 e. The zero-order chi connectivity index (χ0) is 21.9. The Hall–Kier alpha value is -2.13. The molecule has 0 unspecified atom stereocenters. The van der Waals surface area contributed by atoms with E-state index in [2.05, 4.69) is 0 Å². The third kappa shape index (κ3) is 4.46. The number of halogens is 1. The normalized spacial score (nSPS) is 16.1. The van der Waals surface area contributed by atoms with E-state index in [1.807, 2.05) is 31.2 Å². The Morgan fingerprint density at radius 3 is 2.53 bits per heavy atom. The zero-order valence-electron chi connectivity index (χ0n) is 17.2. The van der Waals surface area contributed by atoms with Gasteiger partial charge in [0, 0.05) is 31.3 Å². The van der Waals surface area contributed by atoms with Gasteiger partial charge in [-0.05, 0) is 31.2 Å². The van der Waals surface area contributed by atoms with Crippen molar-refractivity contribution in [3.05, 3.63) is 58.6 Å². The highest BCUT2D eigenvalue weighted by Gasteiger charge is 2.30. The van der Waals surface area contributed by atoms with Crippen LogP contribution in [0.2, 0.25) is 5.02 Å². The van der Waals surface area contributed by atoms with Gasteiger partial charge in [0.1, 0.15) is 10.6 Å². The summed E-state index contributed by atoms with van der Waals surface area (Å²) in [4.78, 5) is 14.6. The van der Waals surface area contributed by atoms with Crippen molar-refractivity contribution in [1.29, 1.82) is 0 Å². The summed E-state index contributed by atoms with van der Waals surface area (Å²) in [6.07, 6.45) is 0. The molecule has 9 heteroatoms. The first-order valence-electron chi connectivity index (χ1n) is 9.55. The van der Waals surface area contributed by atoms with Crippen molar-refractivity contribution >= 4 is 27.5 Å². The first-order chi connectivity index (χ1) is 14.3. The molecule has 0 bridgehead atoms. The molecule has 162 valence electrons. The van der Waals surface area contributed by atoms with E-state index in [1.165, 1.54) is 22.5 Å². The van der Waals surface area contributed by atoms with Crippen LogP contribution in [0.3, 0.4) is 0 Å². The first kappa shape index (κ1) is 22.6. The van der Waals surface area contributed by atoms with Crippen LogP contribution in [0.5, 0.6) is 5.75 Å². The van der Waals surface area contributed by atoms with Crippen molar-refractivity contribution in [2.75, 3.05) is 40.5 Å². The van der Waals surface area contributed by atoms with Crippen molar-refractivity contribution in [2.24, 2.45) is 0 Å². The summed E-state index contributed by atoms with van der Waals surface area (Å²) in [6, 6.07) is 11.5. The van der Waals surface area contributed by atoms with E-state index < -0.39 is 10.0 Å². The fourth-order valence-corrected chi connectivity index (χ4v) is 5.27. The molecule has 0 N–H and O–H groups in total. The molecule has 0 radical (unpaired) electrons. The fourth-order valence-electron chi connectivity index (χ4n) is 3.36. The minimum absolute atomic E-state index is 0.0738. The topological polar surface area (TPSA) is 76.2 Å². The highest BCUT2D eigenvalue weighted by atomic mass is 35.5. The van der Waals surface area contributed by atoms with E-state index in [1.54, 1.807) is 19.1 Å². The highest BCUT2D eigenvalue weighted by molar-refractivity contribution is 7.89. The second-order valence-electron chi connectivity index (χ2n) is 7.00. The average Bonchev–Trinajstić information content (AvgIpc) is 2.78. The second kappa shape index (κ2) is 9.34. The summed E-state index contributed by atoms with van der Waals surface area (Å²) in [5.74, 6) is 0.361. The van der Waals surface area contributed by atoms with Gasteiger partial charge in [0.25, 0.3) is 5.91 Å². The maximum absolute atomic E-state index is 13.1. The minimum atomic E-state index is -3.83. The van der Waals surface area contributed by atoms with E-state index in [4.69, 9.17) is 21.1 Å². The van der Waals surface area contributed by atoms with Crippen molar-refractivity contribution in [3.8, 4) is 5.75 Å². The second-order valence-corrected chi connectivity index (χ2v) is 9.31. The number of benzene rings is 2. The van der Waals surface area contributed by atoms with E-state index >= 15 is 0 Å². The van der Waals surface area contributed by atoms with Gasteiger partial charge in [-0.3, -0.25) is 4.79 Å². The number of methoxy groups -OCH3 is 1. The Morgan fingerprint density at radius 2 is 1.87 bits per heavy atom. The average molecular weight is 453 g/mol. The Balaban J connectivity index is 1.90. The smallest absolute Gasteiger partial charge is 0.254 e. The third-order valence-electron chi connectivity index (χ3n) is 5.26. The monoisotopic (exact) mass is 452 g/mol.